The standard InChI is InChI=1S/C36H38N6O2/c1-21-13-15-35(41-21,23(3)43)33-37-19-31(39-33)26-7-5-25(6-8-26)27-9-10-29-18-30(12-11-28(29)17-27)32-20-38-34(40-32)36(24(4)44)16-14-22(2)42-36/h5-12,17-22,41-42H,13-16H2,1-4H3,(H,37,39)(H,38,40)/t21-,22-,35+,36+/m0/s1. The van der Waals surface area contributed by atoms with Crippen molar-refractivity contribution in [3.8, 4) is 33.6 Å². The van der Waals surface area contributed by atoms with Crippen LogP contribution in [-0.2, 0) is 20.7 Å². The van der Waals surface area contributed by atoms with Gasteiger partial charge in [-0.2, -0.15) is 0 Å². The Morgan fingerprint density at radius 1 is 0.636 bits per heavy atom. The molecule has 3 aromatic carbocycles. The van der Waals surface area contributed by atoms with Crippen LogP contribution in [0.2, 0.25) is 0 Å². The highest BCUT2D eigenvalue weighted by atomic mass is 16.1. The highest BCUT2D eigenvalue weighted by Gasteiger charge is 2.46. The Bertz CT molecular complexity index is 1890. The molecular formula is C36H38N6O2. The van der Waals surface area contributed by atoms with Gasteiger partial charge in [0.1, 0.15) is 22.7 Å². The number of H-pyrrole nitrogens is 2. The monoisotopic (exact) mass is 586 g/mol. The number of aromatic nitrogens is 4. The van der Waals surface area contributed by atoms with Gasteiger partial charge in [-0.1, -0.05) is 48.5 Å². The Morgan fingerprint density at radius 3 is 1.55 bits per heavy atom. The van der Waals surface area contributed by atoms with E-state index < -0.39 is 11.1 Å². The third-order valence-corrected chi connectivity index (χ3v) is 9.73. The smallest absolute Gasteiger partial charge is 0.157 e. The Hall–Kier alpha value is -4.40. The molecule has 0 saturated carbocycles. The van der Waals surface area contributed by atoms with Gasteiger partial charge in [-0.05, 0) is 93.0 Å². The predicted octanol–water partition coefficient (Wildman–Crippen LogP) is 6.40. The van der Waals surface area contributed by atoms with Crippen LogP contribution < -0.4 is 10.6 Å². The summed E-state index contributed by atoms with van der Waals surface area (Å²) in [5, 5.41) is 9.21. The molecule has 8 nitrogen and oxygen atoms in total. The van der Waals surface area contributed by atoms with E-state index in [2.05, 4.69) is 105 Å². The van der Waals surface area contributed by atoms with Crippen LogP contribution >= 0.6 is 0 Å². The number of ketones is 2. The van der Waals surface area contributed by atoms with Crippen LogP contribution in [0.4, 0.5) is 0 Å². The summed E-state index contributed by atoms with van der Waals surface area (Å²) in [4.78, 5) is 41.3. The number of nitrogens with zero attached hydrogens (tertiary/aromatic N) is 2. The van der Waals surface area contributed by atoms with E-state index in [0.717, 1.165) is 70.1 Å². The molecule has 224 valence electrons. The second-order valence-corrected chi connectivity index (χ2v) is 12.7. The van der Waals surface area contributed by atoms with Gasteiger partial charge in [-0.15, -0.1) is 0 Å². The molecule has 4 heterocycles. The van der Waals surface area contributed by atoms with E-state index in [1.807, 2.05) is 12.4 Å². The second kappa shape index (κ2) is 10.6. The Kier molecular flexibility index (Phi) is 6.86. The van der Waals surface area contributed by atoms with Crippen molar-refractivity contribution >= 4 is 22.3 Å². The first-order chi connectivity index (χ1) is 21.2. The first kappa shape index (κ1) is 28.4. The number of nitrogens with one attached hydrogen (secondary N) is 4. The van der Waals surface area contributed by atoms with Crippen molar-refractivity contribution in [2.24, 2.45) is 0 Å². The van der Waals surface area contributed by atoms with E-state index in [0.29, 0.717) is 11.6 Å². The van der Waals surface area contributed by atoms with Crippen LogP contribution in [0.5, 0.6) is 0 Å². The number of benzene rings is 3. The molecule has 44 heavy (non-hydrogen) atoms. The maximum absolute atomic E-state index is 12.6. The van der Waals surface area contributed by atoms with E-state index in [-0.39, 0.29) is 23.7 Å². The minimum absolute atomic E-state index is 0.0910. The molecule has 7 rings (SSSR count). The molecule has 4 atom stereocenters. The van der Waals surface area contributed by atoms with Crippen molar-refractivity contribution in [1.82, 2.24) is 30.6 Å². The summed E-state index contributed by atoms with van der Waals surface area (Å²) in [5.41, 5.74) is 4.65. The summed E-state index contributed by atoms with van der Waals surface area (Å²) in [5.74, 6) is 1.57. The van der Waals surface area contributed by atoms with Gasteiger partial charge in [-0.3, -0.25) is 20.2 Å². The fourth-order valence-corrected chi connectivity index (χ4v) is 7.06. The maximum Gasteiger partial charge on any atom is 0.157 e. The molecule has 2 fully saturated rings. The first-order valence-electron chi connectivity index (χ1n) is 15.5. The lowest BCUT2D eigenvalue weighted by Gasteiger charge is -2.25. The zero-order chi connectivity index (χ0) is 30.6. The highest BCUT2D eigenvalue weighted by Crippen LogP contribution is 2.36. The van der Waals surface area contributed by atoms with Gasteiger partial charge < -0.3 is 9.97 Å². The van der Waals surface area contributed by atoms with Gasteiger partial charge in [-0.25, -0.2) is 9.97 Å². The van der Waals surface area contributed by atoms with Crippen LogP contribution in [0.3, 0.4) is 0 Å². The lowest BCUT2D eigenvalue weighted by molar-refractivity contribution is -0.124. The quantitative estimate of drug-likeness (QED) is 0.175. The number of fused-ring (bicyclic) bond motifs is 1. The maximum atomic E-state index is 12.6. The normalized spacial score (nSPS) is 25.1. The molecule has 0 bridgehead atoms. The molecule has 2 saturated heterocycles. The number of rotatable bonds is 7. The average molecular weight is 587 g/mol. The van der Waals surface area contributed by atoms with Crippen molar-refractivity contribution in [2.45, 2.75) is 76.5 Å². The summed E-state index contributed by atoms with van der Waals surface area (Å²) in [6, 6.07) is 21.9. The molecular weight excluding hydrogens is 548 g/mol. The average Bonchev–Trinajstić information content (AvgIpc) is 3.83. The van der Waals surface area contributed by atoms with Crippen molar-refractivity contribution in [3.63, 3.8) is 0 Å². The summed E-state index contributed by atoms with van der Waals surface area (Å²) in [6.45, 7) is 7.49. The second-order valence-electron chi connectivity index (χ2n) is 12.7. The molecule has 0 amide bonds. The topological polar surface area (TPSA) is 116 Å². The molecule has 2 aromatic heterocycles. The number of carbonyl (C=O) groups excluding carboxylic acids is 2. The predicted molar refractivity (Wildman–Crippen MR) is 173 cm³/mol. The molecule has 2 aliphatic heterocycles. The van der Waals surface area contributed by atoms with Gasteiger partial charge in [0.05, 0.1) is 23.8 Å². The minimum Gasteiger partial charge on any atom is -0.340 e. The lowest BCUT2D eigenvalue weighted by atomic mass is 9.92. The Morgan fingerprint density at radius 2 is 1.07 bits per heavy atom. The van der Waals surface area contributed by atoms with Gasteiger partial charge in [0.25, 0.3) is 0 Å². The summed E-state index contributed by atoms with van der Waals surface area (Å²) in [7, 11) is 0. The Labute approximate surface area is 257 Å². The number of carbonyl (C=O) groups is 2. The van der Waals surface area contributed by atoms with Crippen molar-refractivity contribution in [1.29, 1.82) is 0 Å². The van der Waals surface area contributed by atoms with E-state index in [9.17, 15) is 9.59 Å². The number of aromatic amines is 2. The van der Waals surface area contributed by atoms with Gasteiger partial charge >= 0.3 is 0 Å². The third kappa shape index (κ3) is 4.69. The van der Waals surface area contributed by atoms with Gasteiger partial charge in [0.15, 0.2) is 11.6 Å². The van der Waals surface area contributed by atoms with Crippen LogP contribution in [0.25, 0.3) is 44.4 Å². The van der Waals surface area contributed by atoms with E-state index >= 15 is 0 Å². The zero-order valence-electron chi connectivity index (χ0n) is 25.6. The fraction of sp³-hybridized carbons (Fsp3) is 0.333. The van der Waals surface area contributed by atoms with Gasteiger partial charge in [0.2, 0.25) is 0 Å². The highest BCUT2D eigenvalue weighted by molar-refractivity contribution is 5.91. The van der Waals surface area contributed by atoms with Crippen LogP contribution in [-0.4, -0.2) is 43.6 Å². The third-order valence-electron chi connectivity index (χ3n) is 9.73. The lowest BCUT2D eigenvalue weighted by Crippen LogP contribution is -2.46. The van der Waals surface area contributed by atoms with Crippen molar-refractivity contribution < 1.29 is 9.59 Å². The SMILES string of the molecule is CC(=O)[C@@]1(c2ncc(-c3ccc(-c4ccc5cc(-c6cnc([C@]7(C(C)=O)CC[C@H](C)N7)[nH]6)ccc5c4)cc3)[nH]2)CC[C@H](C)N1. The molecule has 5 aromatic rings. The molecule has 0 aliphatic carbocycles. The molecule has 4 N–H and O–H groups in total. The summed E-state index contributed by atoms with van der Waals surface area (Å²) in [6.07, 6.45) is 7.03. The molecule has 0 unspecified atom stereocenters. The number of Topliss-reactive ketones (excluding diaryl/α,β-unsaturated/α-hetero) is 2. The van der Waals surface area contributed by atoms with Gasteiger partial charge in [0, 0.05) is 17.6 Å². The largest absolute Gasteiger partial charge is 0.340 e. The minimum atomic E-state index is -0.735. The first-order valence-corrected chi connectivity index (χ1v) is 15.5. The number of imidazole rings is 2. The van der Waals surface area contributed by atoms with Crippen LogP contribution in [0, 0.1) is 0 Å². The summed E-state index contributed by atoms with van der Waals surface area (Å²) < 4.78 is 0. The Balaban J connectivity index is 1.11. The van der Waals surface area contributed by atoms with E-state index in [1.54, 1.807) is 13.8 Å². The van der Waals surface area contributed by atoms with E-state index in [4.69, 9.17) is 0 Å². The van der Waals surface area contributed by atoms with Crippen molar-refractivity contribution in [2.75, 3.05) is 0 Å². The fourth-order valence-electron chi connectivity index (χ4n) is 7.06. The number of hydrogen-bond donors (Lipinski definition) is 4. The van der Waals surface area contributed by atoms with Crippen LogP contribution in [0.15, 0.2) is 73.1 Å². The van der Waals surface area contributed by atoms with E-state index in [1.165, 1.54) is 0 Å². The number of hydrogen-bond acceptors (Lipinski definition) is 6. The van der Waals surface area contributed by atoms with Crippen molar-refractivity contribution in [3.05, 3.63) is 84.7 Å². The van der Waals surface area contributed by atoms with Crippen LogP contribution in [0.1, 0.15) is 65.0 Å². The summed E-state index contributed by atoms with van der Waals surface area (Å²) >= 11 is 0. The molecule has 0 spiro atoms. The molecule has 2 aliphatic rings. The zero-order valence-corrected chi connectivity index (χ0v) is 25.6. The molecule has 8 heteroatoms. The molecule has 0 radical (unpaired) electrons.